The number of H-pyrrole nitrogens is 1. The number of likely N-dealkylation sites (tertiary alicyclic amines) is 1. The topological polar surface area (TPSA) is 78.1 Å². The highest BCUT2D eigenvalue weighted by Crippen LogP contribution is 2.32. The van der Waals surface area contributed by atoms with Gasteiger partial charge in [-0.2, -0.15) is 5.10 Å². The number of aromatic nitrogens is 2. The number of amides is 2. The minimum absolute atomic E-state index is 0.0974. The third-order valence-corrected chi connectivity index (χ3v) is 5.33. The van der Waals surface area contributed by atoms with Crippen LogP contribution in [0.2, 0.25) is 0 Å². The molecule has 6 nitrogen and oxygen atoms in total. The van der Waals surface area contributed by atoms with Crippen LogP contribution < -0.4 is 5.32 Å². The average Bonchev–Trinajstić information content (AvgIpc) is 2.86. The molecule has 2 N–H and O–H groups in total. The summed E-state index contributed by atoms with van der Waals surface area (Å²) in [6, 6.07) is 0. The Morgan fingerprint density at radius 2 is 1.92 bits per heavy atom. The van der Waals surface area contributed by atoms with Gasteiger partial charge in [-0.25, -0.2) is 0 Å². The van der Waals surface area contributed by atoms with Crippen molar-refractivity contribution in [2.24, 2.45) is 5.92 Å². The number of piperidine rings is 1. The fraction of sp³-hybridized carbons (Fsp3) is 0.722. The molecule has 1 saturated carbocycles. The fourth-order valence-corrected chi connectivity index (χ4v) is 4.09. The van der Waals surface area contributed by atoms with Crippen LogP contribution in [0.1, 0.15) is 69.9 Å². The number of hydrogen-bond donors (Lipinski definition) is 2. The van der Waals surface area contributed by atoms with Gasteiger partial charge in [0.15, 0.2) is 0 Å². The number of hydrogen-bond acceptors (Lipinski definition) is 3. The van der Waals surface area contributed by atoms with E-state index in [1.807, 2.05) is 4.90 Å². The minimum atomic E-state index is -0.0974. The van der Waals surface area contributed by atoms with Gasteiger partial charge in [-0.3, -0.25) is 14.7 Å². The second-order valence-corrected chi connectivity index (χ2v) is 7.19. The van der Waals surface area contributed by atoms with Gasteiger partial charge >= 0.3 is 0 Å². The summed E-state index contributed by atoms with van der Waals surface area (Å²) in [4.78, 5) is 26.3. The molecule has 1 aromatic rings. The monoisotopic (exact) mass is 332 g/mol. The van der Waals surface area contributed by atoms with E-state index >= 15 is 0 Å². The highest BCUT2D eigenvalue weighted by Gasteiger charge is 2.31. The third-order valence-electron chi connectivity index (χ3n) is 5.33. The normalized spacial score (nSPS) is 22.9. The molecule has 6 heteroatoms. The van der Waals surface area contributed by atoms with Crippen LogP contribution in [0.15, 0.2) is 6.20 Å². The van der Waals surface area contributed by atoms with Gasteiger partial charge < -0.3 is 10.2 Å². The first-order valence-electron chi connectivity index (χ1n) is 9.25. The molecule has 1 atom stereocenters. The van der Waals surface area contributed by atoms with E-state index in [4.69, 9.17) is 0 Å². The van der Waals surface area contributed by atoms with Crippen LogP contribution in [0.5, 0.6) is 0 Å². The molecule has 1 aliphatic carbocycles. The second kappa shape index (κ2) is 7.81. The number of aromatic amines is 1. The fourth-order valence-electron chi connectivity index (χ4n) is 4.09. The lowest BCUT2D eigenvalue weighted by atomic mass is 9.91. The first-order chi connectivity index (χ1) is 11.6. The van der Waals surface area contributed by atoms with Crippen molar-refractivity contribution in [2.45, 2.75) is 64.2 Å². The maximum Gasteiger partial charge on any atom is 0.225 e. The molecular weight excluding hydrogens is 304 g/mol. The Kier molecular flexibility index (Phi) is 5.53. The SMILES string of the molecule is CC(=O)Nc1cn[nH]c1C1CCCN(C(=O)C2CCCCCC2)C1. The molecule has 0 radical (unpaired) electrons. The molecule has 1 unspecified atom stereocenters. The van der Waals surface area contributed by atoms with Crippen molar-refractivity contribution in [2.75, 3.05) is 18.4 Å². The molecule has 2 amide bonds. The van der Waals surface area contributed by atoms with Crippen LogP contribution in [-0.4, -0.2) is 40.0 Å². The molecule has 0 bridgehead atoms. The molecule has 132 valence electrons. The summed E-state index contributed by atoms with van der Waals surface area (Å²) in [7, 11) is 0. The molecule has 24 heavy (non-hydrogen) atoms. The van der Waals surface area contributed by atoms with Gasteiger partial charge in [0, 0.05) is 31.8 Å². The summed E-state index contributed by atoms with van der Waals surface area (Å²) >= 11 is 0. The number of rotatable bonds is 3. The molecule has 1 aliphatic heterocycles. The van der Waals surface area contributed by atoms with Crippen LogP contribution in [0, 0.1) is 5.92 Å². The maximum atomic E-state index is 12.9. The zero-order valence-electron chi connectivity index (χ0n) is 14.5. The van der Waals surface area contributed by atoms with Gasteiger partial charge in [0.1, 0.15) is 0 Å². The van der Waals surface area contributed by atoms with Crippen molar-refractivity contribution in [3.63, 3.8) is 0 Å². The Morgan fingerprint density at radius 3 is 2.62 bits per heavy atom. The van der Waals surface area contributed by atoms with E-state index in [-0.39, 0.29) is 17.7 Å². The summed E-state index contributed by atoms with van der Waals surface area (Å²) in [5.74, 6) is 0.669. The molecule has 1 saturated heterocycles. The van der Waals surface area contributed by atoms with Crippen molar-refractivity contribution in [3.8, 4) is 0 Å². The molecule has 3 rings (SSSR count). The molecule has 0 aromatic carbocycles. The standard InChI is InChI=1S/C18H28N4O2/c1-13(23)20-16-11-19-21-17(16)15-9-6-10-22(12-15)18(24)14-7-4-2-3-5-8-14/h11,14-15H,2-10,12H2,1H3,(H,19,21)(H,20,23). The van der Waals surface area contributed by atoms with Crippen LogP contribution >= 0.6 is 0 Å². The Hall–Kier alpha value is -1.85. The summed E-state index contributed by atoms with van der Waals surface area (Å²) in [5.41, 5.74) is 1.69. The van der Waals surface area contributed by atoms with Gasteiger partial charge in [-0.1, -0.05) is 25.7 Å². The predicted molar refractivity (Wildman–Crippen MR) is 92.6 cm³/mol. The van der Waals surface area contributed by atoms with Gasteiger partial charge in [0.2, 0.25) is 11.8 Å². The van der Waals surface area contributed by atoms with Gasteiger partial charge in [0.25, 0.3) is 0 Å². The first kappa shape index (κ1) is 17.0. The van der Waals surface area contributed by atoms with Crippen LogP contribution in [-0.2, 0) is 9.59 Å². The zero-order chi connectivity index (χ0) is 16.9. The maximum absolute atomic E-state index is 12.9. The zero-order valence-corrected chi connectivity index (χ0v) is 14.5. The minimum Gasteiger partial charge on any atom is -0.342 e. The van der Waals surface area contributed by atoms with Crippen molar-refractivity contribution in [3.05, 3.63) is 11.9 Å². The predicted octanol–water partition coefficient (Wildman–Crippen LogP) is 3.04. The summed E-state index contributed by atoms with van der Waals surface area (Å²) in [6.45, 7) is 3.08. The van der Waals surface area contributed by atoms with E-state index in [0.717, 1.165) is 50.2 Å². The number of carbonyl (C=O) groups is 2. The Labute approximate surface area is 143 Å². The third kappa shape index (κ3) is 3.97. The van der Waals surface area contributed by atoms with Gasteiger partial charge in [0.05, 0.1) is 17.6 Å². The van der Waals surface area contributed by atoms with Crippen molar-refractivity contribution in [1.29, 1.82) is 0 Å². The van der Waals surface area contributed by atoms with Crippen molar-refractivity contribution < 1.29 is 9.59 Å². The van der Waals surface area contributed by atoms with Gasteiger partial charge in [-0.15, -0.1) is 0 Å². The molecular formula is C18H28N4O2. The smallest absolute Gasteiger partial charge is 0.225 e. The first-order valence-corrected chi connectivity index (χ1v) is 9.25. The summed E-state index contributed by atoms with van der Waals surface area (Å²) in [5, 5.41) is 9.94. The lowest BCUT2D eigenvalue weighted by Gasteiger charge is -2.34. The van der Waals surface area contributed by atoms with Crippen LogP contribution in [0.4, 0.5) is 5.69 Å². The van der Waals surface area contributed by atoms with Gasteiger partial charge in [-0.05, 0) is 25.7 Å². The molecule has 0 spiro atoms. The van der Waals surface area contributed by atoms with Crippen LogP contribution in [0.3, 0.4) is 0 Å². The number of anilines is 1. The number of nitrogens with one attached hydrogen (secondary N) is 2. The summed E-state index contributed by atoms with van der Waals surface area (Å²) in [6.07, 6.45) is 10.7. The molecule has 1 aromatic heterocycles. The van der Waals surface area contributed by atoms with E-state index < -0.39 is 0 Å². The lowest BCUT2D eigenvalue weighted by Crippen LogP contribution is -2.42. The quantitative estimate of drug-likeness (QED) is 0.835. The molecule has 2 fully saturated rings. The molecule has 2 heterocycles. The van der Waals surface area contributed by atoms with E-state index in [1.165, 1.54) is 32.6 Å². The van der Waals surface area contributed by atoms with E-state index in [0.29, 0.717) is 5.91 Å². The lowest BCUT2D eigenvalue weighted by molar-refractivity contribution is -0.137. The second-order valence-electron chi connectivity index (χ2n) is 7.19. The molecule has 2 aliphatic rings. The van der Waals surface area contributed by atoms with Crippen molar-refractivity contribution in [1.82, 2.24) is 15.1 Å². The summed E-state index contributed by atoms with van der Waals surface area (Å²) < 4.78 is 0. The highest BCUT2D eigenvalue weighted by molar-refractivity contribution is 5.89. The van der Waals surface area contributed by atoms with E-state index in [2.05, 4.69) is 15.5 Å². The number of nitrogens with zero attached hydrogens (tertiary/aromatic N) is 2. The van der Waals surface area contributed by atoms with Crippen molar-refractivity contribution >= 4 is 17.5 Å². The Balaban J connectivity index is 1.66. The van der Waals surface area contributed by atoms with E-state index in [1.54, 1.807) is 6.20 Å². The Bertz CT molecular complexity index is 575. The highest BCUT2D eigenvalue weighted by atomic mass is 16.2. The number of carbonyl (C=O) groups excluding carboxylic acids is 2. The Morgan fingerprint density at radius 1 is 1.17 bits per heavy atom. The average molecular weight is 332 g/mol. The van der Waals surface area contributed by atoms with Crippen LogP contribution in [0.25, 0.3) is 0 Å². The largest absolute Gasteiger partial charge is 0.342 e. The van der Waals surface area contributed by atoms with E-state index in [9.17, 15) is 9.59 Å².